The maximum Gasteiger partial charge on any atom is 0.241 e. The second-order valence-electron chi connectivity index (χ2n) is 3.93. The monoisotopic (exact) mass is 245 g/mol. The van der Waals surface area contributed by atoms with Crippen LogP contribution in [-0.2, 0) is 17.8 Å². The van der Waals surface area contributed by atoms with E-state index in [1.54, 1.807) is 18.6 Å². The maximum absolute atomic E-state index is 11.6. The van der Waals surface area contributed by atoms with Crippen LogP contribution in [0.3, 0.4) is 0 Å². The van der Waals surface area contributed by atoms with Gasteiger partial charge in [-0.3, -0.25) is 14.5 Å². The summed E-state index contributed by atoms with van der Waals surface area (Å²) < 4.78 is 1.51. The van der Waals surface area contributed by atoms with Gasteiger partial charge in [-0.05, 0) is 18.1 Å². The molecule has 6 heteroatoms. The third-order valence-corrected chi connectivity index (χ3v) is 2.42. The van der Waals surface area contributed by atoms with Gasteiger partial charge >= 0.3 is 0 Å². The van der Waals surface area contributed by atoms with E-state index in [0.29, 0.717) is 12.2 Å². The first-order valence-electron chi connectivity index (χ1n) is 5.67. The minimum absolute atomic E-state index is 0.0815. The van der Waals surface area contributed by atoms with E-state index in [4.69, 9.17) is 5.73 Å². The van der Waals surface area contributed by atoms with Crippen LogP contribution in [0.1, 0.15) is 5.56 Å². The van der Waals surface area contributed by atoms with E-state index >= 15 is 0 Å². The summed E-state index contributed by atoms with van der Waals surface area (Å²) in [5.74, 6) is -0.0815. The van der Waals surface area contributed by atoms with Crippen LogP contribution in [0, 0.1) is 0 Å². The van der Waals surface area contributed by atoms with Crippen molar-refractivity contribution in [1.82, 2.24) is 20.1 Å². The van der Waals surface area contributed by atoms with Gasteiger partial charge in [0.2, 0.25) is 5.91 Å². The molecule has 0 aliphatic rings. The summed E-state index contributed by atoms with van der Waals surface area (Å²) in [6.07, 6.45) is 7.43. The Bertz CT molecular complexity index is 508. The predicted molar refractivity (Wildman–Crippen MR) is 67.6 cm³/mol. The lowest BCUT2D eigenvalue weighted by atomic mass is 10.2. The molecule has 1 amide bonds. The molecule has 0 atom stereocenters. The van der Waals surface area contributed by atoms with Crippen molar-refractivity contribution in [3.8, 4) is 0 Å². The van der Waals surface area contributed by atoms with Crippen LogP contribution in [0.4, 0.5) is 5.69 Å². The summed E-state index contributed by atoms with van der Waals surface area (Å²) in [5.41, 5.74) is 7.16. The lowest BCUT2D eigenvalue weighted by Crippen LogP contribution is -2.29. The SMILES string of the molecule is Nc1cnn(CC(=O)NCCc2cccnc2)c1. The van der Waals surface area contributed by atoms with E-state index in [-0.39, 0.29) is 12.5 Å². The summed E-state index contributed by atoms with van der Waals surface area (Å²) in [6.45, 7) is 0.769. The average molecular weight is 245 g/mol. The third-order valence-electron chi connectivity index (χ3n) is 2.42. The largest absolute Gasteiger partial charge is 0.396 e. The van der Waals surface area contributed by atoms with Crippen molar-refractivity contribution in [3.63, 3.8) is 0 Å². The number of aromatic nitrogens is 3. The zero-order valence-electron chi connectivity index (χ0n) is 9.91. The molecule has 0 aromatic carbocycles. The molecule has 0 saturated carbocycles. The Morgan fingerprint density at radius 1 is 1.44 bits per heavy atom. The molecule has 0 spiro atoms. The molecule has 0 aliphatic carbocycles. The van der Waals surface area contributed by atoms with Crippen molar-refractivity contribution >= 4 is 11.6 Å². The molecule has 6 nitrogen and oxygen atoms in total. The smallest absolute Gasteiger partial charge is 0.241 e. The summed E-state index contributed by atoms with van der Waals surface area (Å²) in [4.78, 5) is 15.6. The summed E-state index contributed by atoms with van der Waals surface area (Å²) >= 11 is 0. The van der Waals surface area contributed by atoms with E-state index in [1.165, 1.54) is 10.9 Å². The van der Waals surface area contributed by atoms with Gasteiger partial charge in [-0.25, -0.2) is 0 Å². The molecule has 0 saturated heterocycles. The van der Waals surface area contributed by atoms with Crippen molar-refractivity contribution in [3.05, 3.63) is 42.5 Å². The van der Waals surface area contributed by atoms with Crippen LogP contribution in [0.15, 0.2) is 36.9 Å². The van der Waals surface area contributed by atoms with Crippen molar-refractivity contribution < 1.29 is 4.79 Å². The van der Waals surface area contributed by atoms with Gasteiger partial charge in [0.25, 0.3) is 0 Å². The number of nitrogen functional groups attached to an aromatic ring is 1. The first kappa shape index (κ1) is 12.1. The van der Waals surface area contributed by atoms with Crippen LogP contribution in [-0.4, -0.2) is 27.2 Å². The second kappa shape index (κ2) is 5.81. The van der Waals surface area contributed by atoms with Crippen molar-refractivity contribution in [2.75, 3.05) is 12.3 Å². The zero-order chi connectivity index (χ0) is 12.8. The van der Waals surface area contributed by atoms with E-state index in [1.807, 2.05) is 12.1 Å². The Balaban J connectivity index is 1.72. The number of rotatable bonds is 5. The molecule has 0 unspecified atom stereocenters. The highest BCUT2D eigenvalue weighted by Gasteiger charge is 2.03. The molecule has 0 aliphatic heterocycles. The van der Waals surface area contributed by atoms with E-state index < -0.39 is 0 Å². The number of anilines is 1. The summed E-state index contributed by atoms with van der Waals surface area (Å²) in [5, 5.41) is 6.76. The number of nitrogens with zero attached hydrogens (tertiary/aromatic N) is 3. The number of hydrogen-bond acceptors (Lipinski definition) is 4. The van der Waals surface area contributed by atoms with Gasteiger partial charge in [-0.2, -0.15) is 5.10 Å². The van der Waals surface area contributed by atoms with Crippen LogP contribution in [0.2, 0.25) is 0 Å². The highest BCUT2D eigenvalue weighted by molar-refractivity contribution is 5.75. The summed E-state index contributed by atoms with van der Waals surface area (Å²) in [7, 11) is 0. The molecule has 0 bridgehead atoms. The Labute approximate surface area is 105 Å². The predicted octanol–water partition coefficient (Wildman–Crippen LogP) is 0.219. The fourth-order valence-electron chi connectivity index (χ4n) is 1.56. The van der Waals surface area contributed by atoms with Crippen LogP contribution < -0.4 is 11.1 Å². The molecule has 2 heterocycles. The highest BCUT2D eigenvalue weighted by atomic mass is 16.2. The number of carbonyl (C=O) groups excluding carboxylic acids is 1. The molecule has 3 N–H and O–H groups in total. The molecule has 0 radical (unpaired) electrons. The van der Waals surface area contributed by atoms with Gasteiger partial charge in [-0.15, -0.1) is 0 Å². The van der Waals surface area contributed by atoms with Crippen LogP contribution in [0.25, 0.3) is 0 Å². The topological polar surface area (TPSA) is 85.8 Å². The van der Waals surface area contributed by atoms with E-state index in [2.05, 4.69) is 15.4 Å². The Kier molecular flexibility index (Phi) is 3.90. The average Bonchev–Trinajstić information content (AvgIpc) is 2.76. The molecule has 94 valence electrons. The second-order valence-corrected chi connectivity index (χ2v) is 3.93. The minimum atomic E-state index is -0.0815. The van der Waals surface area contributed by atoms with Gasteiger partial charge < -0.3 is 11.1 Å². The van der Waals surface area contributed by atoms with Crippen molar-refractivity contribution in [2.24, 2.45) is 0 Å². The first-order chi connectivity index (χ1) is 8.74. The van der Waals surface area contributed by atoms with E-state index in [9.17, 15) is 4.79 Å². The number of amides is 1. The van der Waals surface area contributed by atoms with Crippen LogP contribution >= 0.6 is 0 Å². The number of pyridine rings is 1. The lowest BCUT2D eigenvalue weighted by Gasteiger charge is -2.05. The molecular weight excluding hydrogens is 230 g/mol. The van der Waals surface area contributed by atoms with Gasteiger partial charge in [0.15, 0.2) is 0 Å². The Morgan fingerprint density at radius 3 is 3.00 bits per heavy atom. The van der Waals surface area contributed by atoms with Crippen molar-refractivity contribution in [2.45, 2.75) is 13.0 Å². The Morgan fingerprint density at radius 2 is 2.33 bits per heavy atom. The van der Waals surface area contributed by atoms with Crippen molar-refractivity contribution in [1.29, 1.82) is 0 Å². The fourth-order valence-corrected chi connectivity index (χ4v) is 1.56. The standard InChI is InChI=1S/C12H15N5O/c13-11-7-16-17(8-11)9-12(18)15-5-3-10-2-1-4-14-6-10/h1-2,4,6-8H,3,5,9,13H2,(H,15,18). The molecular formula is C12H15N5O. The zero-order valence-corrected chi connectivity index (χ0v) is 9.91. The molecule has 2 aromatic rings. The normalized spacial score (nSPS) is 10.2. The van der Waals surface area contributed by atoms with Gasteiger partial charge in [0, 0.05) is 25.1 Å². The highest BCUT2D eigenvalue weighted by Crippen LogP contribution is 1.98. The molecule has 2 rings (SSSR count). The number of hydrogen-bond donors (Lipinski definition) is 2. The van der Waals surface area contributed by atoms with Gasteiger partial charge in [0.1, 0.15) is 6.54 Å². The van der Waals surface area contributed by atoms with E-state index in [0.717, 1.165) is 12.0 Å². The number of carbonyl (C=O) groups is 1. The number of nitrogens with one attached hydrogen (secondary N) is 1. The van der Waals surface area contributed by atoms with Gasteiger partial charge in [-0.1, -0.05) is 6.07 Å². The van der Waals surface area contributed by atoms with Crippen LogP contribution in [0.5, 0.6) is 0 Å². The number of nitrogens with two attached hydrogens (primary N) is 1. The molecule has 18 heavy (non-hydrogen) atoms. The minimum Gasteiger partial charge on any atom is -0.396 e. The molecule has 0 fully saturated rings. The van der Waals surface area contributed by atoms with Gasteiger partial charge in [0.05, 0.1) is 11.9 Å². The maximum atomic E-state index is 11.6. The lowest BCUT2D eigenvalue weighted by molar-refractivity contribution is -0.121. The third kappa shape index (κ3) is 3.58. The fraction of sp³-hybridized carbons (Fsp3) is 0.250. The Hall–Kier alpha value is -2.37. The first-order valence-corrected chi connectivity index (χ1v) is 5.67. The summed E-state index contributed by atoms with van der Waals surface area (Å²) in [6, 6.07) is 3.86. The molecule has 2 aromatic heterocycles. The quantitative estimate of drug-likeness (QED) is 0.789.